The Balaban J connectivity index is 0.720. The molecule has 18 rings (SSSR count). The topological polar surface area (TPSA) is 0 Å². The van der Waals surface area contributed by atoms with Gasteiger partial charge in [-0.15, -0.1) is 22.7 Å². The first-order valence-electron chi connectivity index (χ1n) is 31.3. The third-order valence-corrected chi connectivity index (χ3v) is 22.1. The molecule has 2 heterocycles. The standard InChI is InChI=1S/C88H58S2/c1-87(2)76-42-36-63(53-75(76)86-79(87)54-69(57-20-8-3-9-21-57)84(58-22-10-4-11-23-58)85(86)59-24-12-5-13-25-59)65-41-47-83-74(52-65)73-50-61(39-45-82(73)90-83)56-34-32-55(33-35-56)60-37-43-77-70(48-60)71-49-62(64-40-46-81-72(51-64)68-30-18-19-31-80(68)89-81)38-44-78(71)88(77,66-26-14-6-15-27-66)67-28-16-7-17-29-67/h3-54H,1-2H3. The fourth-order valence-electron chi connectivity index (χ4n) is 15.5. The van der Waals surface area contributed by atoms with Gasteiger partial charge in [0.25, 0.3) is 0 Å². The van der Waals surface area contributed by atoms with Gasteiger partial charge in [0.1, 0.15) is 0 Å². The maximum Gasteiger partial charge on any atom is 0.0713 e. The Morgan fingerprint density at radius 1 is 0.211 bits per heavy atom. The molecule has 2 heteroatoms. The minimum atomic E-state index is -0.495. The summed E-state index contributed by atoms with van der Waals surface area (Å²) >= 11 is 3.75. The third-order valence-electron chi connectivity index (χ3n) is 19.8. The fourth-order valence-corrected chi connectivity index (χ4v) is 17.6. The van der Waals surface area contributed by atoms with Crippen LogP contribution in [0.3, 0.4) is 0 Å². The largest absolute Gasteiger partial charge is 0.135 e. The molecule has 2 aliphatic carbocycles. The van der Waals surface area contributed by atoms with Crippen LogP contribution >= 0.6 is 22.7 Å². The SMILES string of the molecule is CC1(C)c2ccc(-c3ccc4sc5ccc(-c6ccc(-c7ccc8c(c7)-c7cc(-c9ccc%10sc%11ccccc%11c%10c9)ccc7C8(c7ccccc7)c7ccccc7)cc6)cc5c4c3)cc2-c2c1cc(-c1ccccc1)c(-c1ccccc1)c2-c1ccccc1. The molecule has 0 unspecified atom stereocenters. The molecule has 16 aromatic rings. The predicted octanol–water partition coefficient (Wildman–Crippen LogP) is 24.8. The second-order valence-electron chi connectivity index (χ2n) is 25.0. The number of hydrogen-bond donors (Lipinski definition) is 0. The Kier molecular flexibility index (Phi) is 12.0. The fraction of sp³-hybridized carbons (Fsp3) is 0.0455. The summed E-state index contributed by atoms with van der Waals surface area (Å²) in [5.41, 5.74) is 29.6. The van der Waals surface area contributed by atoms with E-state index in [0.29, 0.717) is 0 Å². The second kappa shape index (κ2) is 20.6. The Labute approximate surface area is 533 Å². The third kappa shape index (κ3) is 8.11. The Hall–Kier alpha value is -10.5. The number of benzene rings is 14. The van der Waals surface area contributed by atoms with Crippen LogP contribution in [-0.4, -0.2) is 0 Å². The van der Waals surface area contributed by atoms with Gasteiger partial charge in [0.2, 0.25) is 0 Å². The average molecular weight is 1180 g/mol. The van der Waals surface area contributed by atoms with Gasteiger partial charge in [0.05, 0.1) is 5.41 Å². The minimum Gasteiger partial charge on any atom is -0.135 e. The van der Waals surface area contributed by atoms with E-state index in [4.69, 9.17) is 0 Å². The molecule has 422 valence electrons. The van der Waals surface area contributed by atoms with Gasteiger partial charge in [-0.05, 0) is 200 Å². The van der Waals surface area contributed by atoms with Crippen molar-refractivity contribution in [1.82, 2.24) is 0 Å². The average Bonchev–Trinajstić information content (AvgIpc) is 1.54. The molecule has 0 fully saturated rings. The maximum atomic E-state index is 2.51. The van der Waals surface area contributed by atoms with Crippen LogP contribution in [0.5, 0.6) is 0 Å². The van der Waals surface area contributed by atoms with E-state index < -0.39 is 5.41 Å². The monoisotopic (exact) mass is 1180 g/mol. The molecule has 0 spiro atoms. The van der Waals surface area contributed by atoms with Gasteiger partial charge in [-0.1, -0.05) is 263 Å². The minimum absolute atomic E-state index is 0.221. The van der Waals surface area contributed by atoms with Crippen LogP contribution < -0.4 is 0 Å². The number of rotatable bonds is 9. The zero-order valence-electron chi connectivity index (χ0n) is 49.8. The van der Waals surface area contributed by atoms with E-state index in [-0.39, 0.29) is 5.41 Å². The van der Waals surface area contributed by atoms with E-state index >= 15 is 0 Å². The molecular formula is C88H58S2. The molecule has 0 saturated heterocycles. The highest BCUT2D eigenvalue weighted by Gasteiger charge is 2.46. The summed E-state index contributed by atoms with van der Waals surface area (Å²) in [7, 11) is 0. The lowest BCUT2D eigenvalue weighted by Gasteiger charge is -2.34. The molecule has 0 aliphatic heterocycles. The Morgan fingerprint density at radius 3 is 1.08 bits per heavy atom. The molecule has 0 radical (unpaired) electrons. The lowest BCUT2D eigenvalue weighted by atomic mass is 9.67. The molecule has 0 nitrogen and oxygen atoms in total. The first kappa shape index (κ1) is 52.6. The van der Waals surface area contributed by atoms with Gasteiger partial charge in [-0.2, -0.15) is 0 Å². The van der Waals surface area contributed by atoms with Gasteiger partial charge in [-0.3, -0.25) is 0 Å². The van der Waals surface area contributed by atoms with Gasteiger partial charge in [-0.25, -0.2) is 0 Å². The lowest BCUT2D eigenvalue weighted by Crippen LogP contribution is -2.28. The molecule has 0 amide bonds. The van der Waals surface area contributed by atoms with Gasteiger partial charge < -0.3 is 0 Å². The van der Waals surface area contributed by atoms with Crippen molar-refractivity contribution in [3.8, 4) is 100 Å². The summed E-state index contributed by atoms with van der Waals surface area (Å²) in [6, 6.07) is 119. The van der Waals surface area contributed by atoms with Crippen molar-refractivity contribution in [1.29, 1.82) is 0 Å². The number of fused-ring (bicyclic) bond motifs is 12. The predicted molar refractivity (Wildman–Crippen MR) is 385 cm³/mol. The van der Waals surface area contributed by atoms with E-state index in [1.165, 1.54) is 174 Å². The summed E-state index contributed by atoms with van der Waals surface area (Å²) in [5.74, 6) is 0. The zero-order chi connectivity index (χ0) is 59.7. The van der Waals surface area contributed by atoms with Crippen LogP contribution in [0.15, 0.2) is 315 Å². The summed E-state index contributed by atoms with van der Waals surface area (Å²) in [6.45, 7) is 4.82. The molecular weight excluding hydrogens is 1120 g/mol. The quantitative estimate of drug-likeness (QED) is 0.135. The smallest absolute Gasteiger partial charge is 0.0713 e. The molecule has 0 saturated carbocycles. The summed E-state index contributed by atoms with van der Waals surface area (Å²) in [4.78, 5) is 0. The number of hydrogen-bond acceptors (Lipinski definition) is 2. The molecule has 14 aromatic carbocycles. The molecule has 2 aromatic heterocycles. The first-order valence-corrected chi connectivity index (χ1v) is 32.9. The highest BCUT2D eigenvalue weighted by molar-refractivity contribution is 7.26. The van der Waals surface area contributed by atoms with Crippen LogP contribution in [0.4, 0.5) is 0 Å². The Morgan fingerprint density at radius 2 is 0.567 bits per heavy atom. The van der Waals surface area contributed by atoms with Gasteiger partial charge in [0.15, 0.2) is 0 Å². The van der Waals surface area contributed by atoms with Crippen LogP contribution in [0.1, 0.15) is 47.2 Å². The lowest BCUT2D eigenvalue weighted by molar-refractivity contribution is 0.661. The van der Waals surface area contributed by atoms with Crippen molar-refractivity contribution >= 4 is 63.0 Å². The molecule has 2 aliphatic rings. The summed E-state index contributed by atoms with van der Waals surface area (Å²) in [5, 5.41) is 5.22. The van der Waals surface area contributed by atoms with Crippen molar-refractivity contribution < 1.29 is 0 Å². The molecule has 90 heavy (non-hydrogen) atoms. The zero-order valence-corrected chi connectivity index (χ0v) is 51.5. The van der Waals surface area contributed by atoms with Crippen LogP contribution in [-0.2, 0) is 10.8 Å². The van der Waals surface area contributed by atoms with Crippen molar-refractivity contribution in [2.45, 2.75) is 24.7 Å². The maximum absolute atomic E-state index is 2.51. The van der Waals surface area contributed by atoms with Gasteiger partial charge in [0, 0.05) is 45.8 Å². The second-order valence-corrected chi connectivity index (χ2v) is 27.2. The van der Waals surface area contributed by atoms with E-state index in [2.05, 4.69) is 329 Å². The van der Waals surface area contributed by atoms with E-state index in [1.54, 1.807) is 0 Å². The van der Waals surface area contributed by atoms with Crippen molar-refractivity contribution in [3.05, 3.63) is 349 Å². The Bertz CT molecular complexity index is 5480. The molecule has 0 bridgehead atoms. The summed E-state index contributed by atoms with van der Waals surface area (Å²) in [6.07, 6.45) is 0. The van der Waals surface area contributed by atoms with E-state index in [9.17, 15) is 0 Å². The van der Waals surface area contributed by atoms with E-state index in [0.717, 1.165) is 0 Å². The first-order chi connectivity index (χ1) is 44.3. The van der Waals surface area contributed by atoms with Gasteiger partial charge >= 0.3 is 0 Å². The van der Waals surface area contributed by atoms with Crippen molar-refractivity contribution in [2.24, 2.45) is 0 Å². The van der Waals surface area contributed by atoms with Crippen LogP contribution in [0.2, 0.25) is 0 Å². The number of thiophene rings is 2. The highest BCUT2D eigenvalue weighted by atomic mass is 32.1. The van der Waals surface area contributed by atoms with Crippen molar-refractivity contribution in [2.75, 3.05) is 0 Å². The highest BCUT2D eigenvalue weighted by Crippen LogP contribution is 2.60. The normalized spacial score (nSPS) is 13.4. The molecule has 0 atom stereocenters. The van der Waals surface area contributed by atoms with Crippen LogP contribution in [0, 0.1) is 0 Å². The summed E-state index contributed by atoms with van der Waals surface area (Å²) < 4.78 is 5.24. The van der Waals surface area contributed by atoms with E-state index in [1.807, 2.05) is 22.7 Å². The molecule has 0 N–H and O–H groups in total. The van der Waals surface area contributed by atoms with Crippen LogP contribution in [0.25, 0.3) is 140 Å². The van der Waals surface area contributed by atoms with Crippen molar-refractivity contribution in [3.63, 3.8) is 0 Å².